The zero-order valence-electron chi connectivity index (χ0n) is 11.4. The average Bonchev–Trinajstić information content (AvgIpc) is 2.68. The molecule has 2 N–H and O–H groups in total. The number of rotatable bonds is 7. The maximum atomic E-state index is 11.4. The molecule has 3 atom stereocenters. The normalized spacial score (nSPS) is 27.7. The Labute approximate surface area is 108 Å². The van der Waals surface area contributed by atoms with E-state index in [9.17, 15) is 9.90 Å². The summed E-state index contributed by atoms with van der Waals surface area (Å²) < 4.78 is 10.3. The monoisotopic (exact) mass is 260 g/mol. The molecular weight excluding hydrogens is 236 g/mol. The van der Waals surface area contributed by atoms with Gasteiger partial charge in [-0.05, 0) is 13.1 Å². The first-order chi connectivity index (χ1) is 8.62. The summed E-state index contributed by atoms with van der Waals surface area (Å²) in [6.45, 7) is 7.02. The van der Waals surface area contributed by atoms with Crippen molar-refractivity contribution in [1.29, 1.82) is 0 Å². The van der Waals surface area contributed by atoms with Crippen LogP contribution in [0, 0.1) is 0 Å². The van der Waals surface area contributed by atoms with E-state index in [1.807, 2.05) is 0 Å². The van der Waals surface area contributed by atoms with Gasteiger partial charge in [0, 0.05) is 13.7 Å². The number of carbonyl (C=O) groups excluding carboxylic acids is 1. The van der Waals surface area contributed by atoms with Crippen LogP contribution in [0.3, 0.4) is 0 Å². The highest BCUT2D eigenvalue weighted by Crippen LogP contribution is 2.15. The number of amides is 1. The van der Waals surface area contributed by atoms with E-state index in [4.69, 9.17) is 9.47 Å². The number of aliphatic hydroxyl groups excluding tert-OH is 1. The van der Waals surface area contributed by atoms with Gasteiger partial charge >= 0.3 is 0 Å². The molecule has 0 radical (unpaired) electrons. The molecule has 0 aromatic carbocycles. The molecule has 0 aliphatic carbocycles. The number of nitrogens with zero attached hydrogens (tertiary/aromatic N) is 1. The summed E-state index contributed by atoms with van der Waals surface area (Å²) in [5, 5.41) is 12.8. The van der Waals surface area contributed by atoms with Crippen LogP contribution in [0.2, 0.25) is 0 Å². The summed E-state index contributed by atoms with van der Waals surface area (Å²) in [4.78, 5) is 13.6. The SMILES string of the molecule is CCN(CC)C[C@@H]1OC[C@@H](NC(=O)COC)[C@H]1O. The molecule has 1 rings (SSSR count). The van der Waals surface area contributed by atoms with Crippen molar-refractivity contribution in [2.75, 3.05) is 40.0 Å². The third-order valence-electron chi connectivity index (χ3n) is 3.24. The van der Waals surface area contributed by atoms with Crippen LogP contribution in [0.5, 0.6) is 0 Å². The summed E-state index contributed by atoms with van der Waals surface area (Å²) in [5.74, 6) is -0.228. The maximum absolute atomic E-state index is 11.4. The van der Waals surface area contributed by atoms with Crippen molar-refractivity contribution in [2.45, 2.75) is 32.1 Å². The average molecular weight is 260 g/mol. The Hall–Kier alpha value is -0.690. The molecule has 106 valence electrons. The minimum atomic E-state index is -0.661. The van der Waals surface area contributed by atoms with E-state index in [0.717, 1.165) is 13.1 Å². The van der Waals surface area contributed by atoms with E-state index in [2.05, 4.69) is 24.1 Å². The first-order valence-corrected chi connectivity index (χ1v) is 6.42. The summed E-state index contributed by atoms with van der Waals surface area (Å²) in [6, 6.07) is -0.340. The molecule has 1 saturated heterocycles. The van der Waals surface area contributed by atoms with Crippen LogP contribution >= 0.6 is 0 Å². The van der Waals surface area contributed by atoms with Gasteiger partial charge in [0.25, 0.3) is 0 Å². The molecule has 1 heterocycles. The molecule has 0 spiro atoms. The highest BCUT2D eigenvalue weighted by Gasteiger charge is 2.37. The number of aliphatic hydroxyl groups is 1. The van der Waals surface area contributed by atoms with Gasteiger partial charge in [0.05, 0.1) is 18.8 Å². The lowest BCUT2D eigenvalue weighted by Crippen LogP contribution is -2.47. The van der Waals surface area contributed by atoms with E-state index in [1.165, 1.54) is 7.11 Å². The summed E-state index contributed by atoms with van der Waals surface area (Å²) >= 11 is 0. The van der Waals surface area contributed by atoms with E-state index >= 15 is 0 Å². The zero-order valence-corrected chi connectivity index (χ0v) is 11.4. The van der Waals surface area contributed by atoms with Crippen molar-refractivity contribution in [3.8, 4) is 0 Å². The lowest BCUT2D eigenvalue weighted by atomic mass is 10.1. The number of methoxy groups -OCH3 is 1. The van der Waals surface area contributed by atoms with Crippen LogP contribution in [0.15, 0.2) is 0 Å². The first-order valence-electron chi connectivity index (χ1n) is 6.42. The predicted octanol–water partition coefficient (Wildman–Crippen LogP) is -0.781. The highest BCUT2D eigenvalue weighted by molar-refractivity contribution is 5.77. The first kappa shape index (κ1) is 15.4. The molecule has 0 saturated carbocycles. The van der Waals surface area contributed by atoms with Crippen molar-refractivity contribution < 1.29 is 19.4 Å². The smallest absolute Gasteiger partial charge is 0.246 e. The Kier molecular flexibility index (Phi) is 6.56. The van der Waals surface area contributed by atoms with Crippen LogP contribution in [0.25, 0.3) is 0 Å². The van der Waals surface area contributed by atoms with Crippen LogP contribution in [0.4, 0.5) is 0 Å². The molecule has 0 unspecified atom stereocenters. The molecule has 1 amide bonds. The molecule has 1 fully saturated rings. The van der Waals surface area contributed by atoms with Crippen molar-refractivity contribution in [3.63, 3.8) is 0 Å². The Morgan fingerprint density at radius 2 is 2.17 bits per heavy atom. The van der Waals surface area contributed by atoms with Crippen LogP contribution < -0.4 is 5.32 Å². The van der Waals surface area contributed by atoms with Crippen molar-refractivity contribution in [3.05, 3.63) is 0 Å². The standard InChI is InChI=1S/C12H24N2O4/c1-4-14(5-2)6-10-12(16)9(7-18-10)13-11(15)8-17-3/h9-10,12,16H,4-8H2,1-3H3,(H,13,15)/t9-,10+,12-/m1/s1. The van der Waals surface area contributed by atoms with Gasteiger partial charge in [-0.25, -0.2) is 0 Å². The van der Waals surface area contributed by atoms with Crippen LogP contribution in [0.1, 0.15) is 13.8 Å². The van der Waals surface area contributed by atoms with E-state index in [0.29, 0.717) is 13.2 Å². The van der Waals surface area contributed by atoms with Crippen LogP contribution in [-0.2, 0) is 14.3 Å². The van der Waals surface area contributed by atoms with E-state index in [-0.39, 0.29) is 24.7 Å². The molecule has 1 aliphatic rings. The Balaban J connectivity index is 2.41. The summed E-state index contributed by atoms with van der Waals surface area (Å²) in [6.07, 6.45) is -0.899. The lowest BCUT2D eigenvalue weighted by molar-refractivity contribution is -0.126. The van der Waals surface area contributed by atoms with Gasteiger partial charge in [-0.1, -0.05) is 13.8 Å². The van der Waals surface area contributed by atoms with Gasteiger partial charge in [-0.2, -0.15) is 0 Å². The minimum absolute atomic E-state index is 0.00390. The van der Waals surface area contributed by atoms with E-state index in [1.54, 1.807) is 0 Å². The molecule has 0 bridgehead atoms. The fraction of sp³-hybridized carbons (Fsp3) is 0.917. The predicted molar refractivity (Wildman–Crippen MR) is 67.3 cm³/mol. The highest BCUT2D eigenvalue weighted by atomic mass is 16.5. The molecule has 1 aliphatic heterocycles. The summed E-state index contributed by atoms with van der Waals surface area (Å²) in [7, 11) is 1.46. The fourth-order valence-electron chi connectivity index (χ4n) is 2.09. The second kappa shape index (κ2) is 7.68. The molecule has 0 aromatic rings. The third-order valence-corrected chi connectivity index (χ3v) is 3.24. The number of hydrogen-bond donors (Lipinski definition) is 2. The number of hydrogen-bond acceptors (Lipinski definition) is 5. The molecule has 6 heteroatoms. The fourth-order valence-corrected chi connectivity index (χ4v) is 2.09. The minimum Gasteiger partial charge on any atom is -0.388 e. The van der Waals surface area contributed by atoms with Crippen LogP contribution in [-0.4, -0.2) is 74.1 Å². The van der Waals surface area contributed by atoms with Gasteiger partial charge in [0.1, 0.15) is 12.7 Å². The largest absolute Gasteiger partial charge is 0.388 e. The zero-order chi connectivity index (χ0) is 13.5. The van der Waals surface area contributed by atoms with Crippen molar-refractivity contribution in [2.24, 2.45) is 0 Å². The van der Waals surface area contributed by atoms with Gasteiger partial charge in [-0.3, -0.25) is 4.79 Å². The topological polar surface area (TPSA) is 71.0 Å². The van der Waals surface area contributed by atoms with E-state index < -0.39 is 6.10 Å². The molecule has 18 heavy (non-hydrogen) atoms. The third kappa shape index (κ3) is 4.20. The quantitative estimate of drug-likeness (QED) is 0.628. The summed E-state index contributed by atoms with van der Waals surface area (Å²) in [5.41, 5.74) is 0. The number of nitrogens with one attached hydrogen (secondary N) is 1. The number of carbonyl (C=O) groups is 1. The Morgan fingerprint density at radius 1 is 1.50 bits per heavy atom. The second-order valence-corrected chi connectivity index (χ2v) is 4.46. The van der Waals surface area contributed by atoms with Gasteiger partial charge in [0.2, 0.25) is 5.91 Å². The van der Waals surface area contributed by atoms with Gasteiger partial charge in [0.15, 0.2) is 0 Å². The van der Waals surface area contributed by atoms with Crippen molar-refractivity contribution in [1.82, 2.24) is 10.2 Å². The van der Waals surface area contributed by atoms with Crippen molar-refractivity contribution >= 4 is 5.91 Å². The Morgan fingerprint density at radius 3 is 2.72 bits per heavy atom. The van der Waals surface area contributed by atoms with Gasteiger partial charge < -0.3 is 24.8 Å². The lowest BCUT2D eigenvalue weighted by Gasteiger charge is -2.24. The molecule has 6 nitrogen and oxygen atoms in total. The second-order valence-electron chi connectivity index (χ2n) is 4.46. The number of likely N-dealkylation sites (N-methyl/N-ethyl adjacent to an activating group) is 1. The maximum Gasteiger partial charge on any atom is 0.246 e. The number of ether oxygens (including phenoxy) is 2. The van der Waals surface area contributed by atoms with Gasteiger partial charge in [-0.15, -0.1) is 0 Å². The molecular formula is C12H24N2O4. The molecule has 0 aromatic heterocycles. The Bertz CT molecular complexity index is 258.